The second kappa shape index (κ2) is 4.23. The molecule has 1 fully saturated rings. The molecule has 88 valence electrons. The molecule has 1 amide bonds. The summed E-state index contributed by atoms with van der Waals surface area (Å²) < 4.78 is 1.68. The van der Waals surface area contributed by atoms with E-state index in [1.165, 1.54) is 0 Å². The molecular weight excluding hydrogens is 208 g/mol. The van der Waals surface area contributed by atoms with Crippen LogP contribution in [0.4, 0.5) is 0 Å². The summed E-state index contributed by atoms with van der Waals surface area (Å²) in [6.07, 6.45) is 2.86. The van der Waals surface area contributed by atoms with E-state index in [-0.39, 0.29) is 11.9 Å². The van der Waals surface area contributed by atoms with Crippen LogP contribution in [-0.2, 0) is 4.79 Å². The molecule has 1 aliphatic rings. The number of hydrogen-bond acceptors (Lipinski definition) is 4. The normalized spacial score (nSPS) is 27.1. The van der Waals surface area contributed by atoms with Crippen molar-refractivity contribution in [1.29, 1.82) is 0 Å². The van der Waals surface area contributed by atoms with Gasteiger partial charge in [0.2, 0.25) is 5.91 Å². The van der Waals surface area contributed by atoms with Crippen LogP contribution < -0.4 is 5.73 Å². The third-order valence-corrected chi connectivity index (χ3v) is 2.82. The van der Waals surface area contributed by atoms with E-state index in [0.29, 0.717) is 13.1 Å². The van der Waals surface area contributed by atoms with E-state index in [0.717, 1.165) is 0 Å². The standard InChI is InChI=1S/C10H16N4O2/c1-7(11)10(16)13-5-8(9(15)6-13)14-4-2-3-12-14/h2-4,7-9,15H,5-6,11H2,1H3/t7-,8-,9+/m0/s1. The van der Waals surface area contributed by atoms with Gasteiger partial charge < -0.3 is 15.7 Å². The van der Waals surface area contributed by atoms with E-state index >= 15 is 0 Å². The number of β-amino-alcohol motifs (C(OH)–C–C–N with tert-alkyl or cyclic N) is 1. The van der Waals surface area contributed by atoms with Crippen LogP contribution in [0.1, 0.15) is 13.0 Å². The highest BCUT2D eigenvalue weighted by molar-refractivity contribution is 5.81. The number of nitrogens with two attached hydrogens (primary N) is 1. The van der Waals surface area contributed by atoms with Crippen molar-refractivity contribution in [2.24, 2.45) is 5.73 Å². The van der Waals surface area contributed by atoms with Crippen molar-refractivity contribution in [3.63, 3.8) is 0 Å². The number of carbonyl (C=O) groups is 1. The Hall–Kier alpha value is -1.40. The smallest absolute Gasteiger partial charge is 0.239 e. The van der Waals surface area contributed by atoms with Gasteiger partial charge in [-0.3, -0.25) is 9.48 Å². The number of hydrogen-bond donors (Lipinski definition) is 2. The van der Waals surface area contributed by atoms with Gasteiger partial charge in [0.05, 0.1) is 18.2 Å². The maximum absolute atomic E-state index is 11.7. The fraction of sp³-hybridized carbons (Fsp3) is 0.600. The lowest BCUT2D eigenvalue weighted by molar-refractivity contribution is -0.131. The Bertz CT molecular complexity index is 363. The van der Waals surface area contributed by atoms with Crippen molar-refractivity contribution in [3.8, 4) is 0 Å². The predicted octanol–water partition coefficient (Wildman–Crippen LogP) is -1.03. The summed E-state index contributed by atoms with van der Waals surface area (Å²) in [5.74, 6) is -0.131. The maximum atomic E-state index is 11.7. The molecule has 0 radical (unpaired) electrons. The van der Waals surface area contributed by atoms with Gasteiger partial charge in [-0.25, -0.2) is 0 Å². The summed E-state index contributed by atoms with van der Waals surface area (Å²) in [6.45, 7) is 2.43. The number of rotatable bonds is 2. The largest absolute Gasteiger partial charge is 0.389 e. The van der Waals surface area contributed by atoms with Crippen LogP contribution in [0, 0.1) is 0 Å². The van der Waals surface area contributed by atoms with Gasteiger partial charge in [0.1, 0.15) is 0 Å². The van der Waals surface area contributed by atoms with E-state index in [9.17, 15) is 9.90 Å². The molecule has 6 nitrogen and oxygen atoms in total. The molecule has 1 aliphatic heterocycles. The zero-order chi connectivity index (χ0) is 11.7. The molecule has 2 heterocycles. The predicted molar refractivity (Wildman–Crippen MR) is 57.5 cm³/mol. The highest BCUT2D eigenvalue weighted by atomic mass is 16.3. The first-order chi connectivity index (χ1) is 7.59. The average Bonchev–Trinajstić information content (AvgIpc) is 2.84. The summed E-state index contributed by atoms with van der Waals surface area (Å²) >= 11 is 0. The number of aliphatic hydroxyl groups excluding tert-OH is 1. The average molecular weight is 224 g/mol. The first-order valence-corrected chi connectivity index (χ1v) is 5.31. The van der Waals surface area contributed by atoms with Crippen molar-refractivity contribution in [2.75, 3.05) is 13.1 Å². The van der Waals surface area contributed by atoms with Crippen LogP contribution in [0.15, 0.2) is 18.5 Å². The van der Waals surface area contributed by atoms with Gasteiger partial charge in [0.25, 0.3) is 0 Å². The molecule has 3 atom stereocenters. The highest BCUT2D eigenvalue weighted by Crippen LogP contribution is 2.21. The first kappa shape index (κ1) is 11.1. The Labute approximate surface area is 93.6 Å². The Morgan fingerprint density at radius 3 is 2.94 bits per heavy atom. The van der Waals surface area contributed by atoms with Crippen LogP contribution in [-0.4, -0.2) is 50.9 Å². The van der Waals surface area contributed by atoms with Gasteiger partial charge in [-0.2, -0.15) is 5.10 Å². The van der Waals surface area contributed by atoms with Crippen LogP contribution in [0.25, 0.3) is 0 Å². The third-order valence-electron chi connectivity index (χ3n) is 2.82. The number of aromatic nitrogens is 2. The van der Waals surface area contributed by atoms with E-state index in [1.807, 2.05) is 0 Å². The van der Waals surface area contributed by atoms with E-state index < -0.39 is 12.1 Å². The van der Waals surface area contributed by atoms with Gasteiger partial charge in [-0.1, -0.05) is 0 Å². The molecule has 1 saturated heterocycles. The number of nitrogens with zero attached hydrogens (tertiary/aromatic N) is 3. The molecule has 16 heavy (non-hydrogen) atoms. The summed E-state index contributed by atoms with van der Waals surface area (Å²) in [7, 11) is 0. The Balaban J connectivity index is 2.08. The molecule has 1 aromatic rings. The van der Waals surface area contributed by atoms with Crippen LogP contribution in [0.5, 0.6) is 0 Å². The summed E-state index contributed by atoms with van der Waals surface area (Å²) in [6, 6.07) is 1.10. The molecule has 0 spiro atoms. The summed E-state index contributed by atoms with van der Waals surface area (Å²) in [4.78, 5) is 13.3. The summed E-state index contributed by atoms with van der Waals surface area (Å²) in [5.41, 5.74) is 5.53. The van der Waals surface area contributed by atoms with E-state index in [4.69, 9.17) is 5.73 Å². The molecule has 0 aliphatic carbocycles. The lowest BCUT2D eigenvalue weighted by Gasteiger charge is -2.18. The topological polar surface area (TPSA) is 84.4 Å². The minimum Gasteiger partial charge on any atom is -0.389 e. The molecular formula is C10H16N4O2. The molecule has 0 aromatic carbocycles. The molecule has 0 saturated carbocycles. The number of carbonyl (C=O) groups excluding carboxylic acids is 1. The van der Waals surface area contributed by atoms with Gasteiger partial charge in [0.15, 0.2) is 0 Å². The quantitative estimate of drug-likeness (QED) is 0.673. The number of amides is 1. The lowest BCUT2D eigenvalue weighted by Crippen LogP contribution is -2.41. The monoisotopic (exact) mass is 224 g/mol. The van der Waals surface area contributed by atoms with Gasteiger partial charge in [-0.05, 0) is 13.0 Å². The maximum Gasteiger partial charge on any atom is 0.239 e. The van der Waals surface area contributed by atoms with Crippen molar-refractivity contribution in [1.82, 2.24) is 14.7 Å². The van der Waals surface area contributed by atoms with Crippen LogP contribution >= 0.6 is 0 Å². The molecule has 6 heteroatoms. The van der Waals surface area contributed by atoms with E-state index in [2.05, 4.69) is 5.10 Å². The Morgan fingerprint density at radius 2 is 2.38 bits per heavy atom. The lowest BCUT2D eigenvalue weighted by atomic mass is 10.2. The minimum absolute atomic E-state index is 0.131. The molecule has 0 bridgehead atoms. The second-order valence-corrected chi connectivity index (χ2v) is 4.15. The fourth-order valence-electron chi connectivity index (χ4n) is 1.97. The Morgan fingerprint density at radius 1 is 1.62 bits per heavy atom. The van der Waals surface area contributed by atoms with E-state index in [1.54, 1.807) is 35.0 Å². The van der Waals surface area contributed by atoms with Gasteiger partial charge in [-0.15, -0.1) is 0 Å². The van der Waals surface area contributed by atoms with Crippen molar-refractivity contribution in [3.05, 3.63) is 18.5 Å². The van der Waals surface area contributed by atoms with Crippen molar-refractivity contribution < 1.29 is 9.90 Å². The zero-order valence-electron chi connectivity index (χ0n) is 9.15. The van der Waals surface area contributed by atoms with Crippen LogP contribution in [0.2, 0.25) is 0 Å². The van der Waals surface area contributed by atoms with Crippen LogP contribution in [0.3, 0.4) is 0 Å². The van der Waals surface area contributed by atoms with Crippen molar-refractivity contribution in [2.45, 2.75) is 25.1 Å². The first-order valence-electron chi connectivity index (χ1n) is 5.31. The second-order valence-electron chi connectivity index (χ2n) is 4.15. The molecule has 0 unspecified atom stereocenters. The number of likely N-dealkylation sites (tertiary alicyclic amines) is 1. The summed E-state index contributed by atoms with van der Waals surface area (Å²) in [5, 5.41) is 13.9. The van der Waals surface area contributed by atoms with Crippen molar-refractivity contribution >= 4 is 5.91 Å². The van der Waals surface area contributed by atoms with Gasteiger partial charge in [0, 0.05) is 25.5 Å². The van der Waals surface area contributed by atoms with Gasteiger partial charge >= 0.3 is 0 Å². The SMILES string of the molecule is C[C@H](N)C(=O)N1C[C@@H](O)[C@@H](n2cccn2)C1. The Kier molecular flexibility index (Phi) is 2.93. The zero-order valence-corrected chi connectivity index (χ0v) is 9.15. The highest BCUT2D eigenvalue weighted by Gasteiger charge is 2.36. The third kappa shape index (κ3) is 1.94. The molecule has 2 rings (SSSR count). The fourth-order valence-corrected chi connectivity index (χ4v) is 1.97. The minimum atomic E-state index is -0.581. The molecule has 1 aromatic heterocycles. The molecule has 3 N–H and O–H groups in total. The number of aliphatic hydroxyl groups is 1.